The summed E-state index contributed by atoms with van der Waals surface area (Å²) in [5.41, 5.74) is 0. The molecule has 12 nitrogen and oxygen atoms in total. The zero-order chi connectivity index (χ0) is 32.6. The fourth-order valence-corrected chi connectivity index (χ4v) is 2.75. The van der Waals surface area contributed by atoms with Gasteiger partial charge in [-0.3, -0.25) is 19.2 Å². The van der Waals surface area contributed by atoms with Crippen LogP contribution in [0.25, 0.3) is 0 Å². The average Bonchev–Trinajstić information content (AvgIpc) is 2.63. The molecule has 0 aliphatic heterocycles. The van der Waals surface area contributed by atoms with Crippen LogP contribution in [-0.2, 0) is 60.1 Å². The van der Waals surface area contributed by atoms with Crippen LogP contribution < -0.4 is 20.4 Å². The van der Waals surface area contributed by atoms with Gasteiger partial charge in [0.1, 0.15) is 23.1 Å². The third-order valence-electron chi connectivity index (χ3n) is 3.91. The van der Waals surface area contributed by atoms with Crippen molar-refractivity contribution in [2.45, 2.75) is 107 Å². The van der Waals surface area contributed by atoms with Crippen molar-refractivity contribution in [1.82, 2.24) is 0 Å². The molecular weight excluding hydrogens is 576 g/mol. The molecule has 0 aliphatic rings. The Balaban J connectivity index is -0.000000139. The van der Waals surface area contributed by atoms with E-state index in [1.165, 1.54) is 0 Å². The van der Waals surface area contributed by atoms with Gasteiger partial charge in [0, 0.05) is 75.2 Å². The molecule has 0 aromatic heterocycles. The number of aliphatic carboxylic acids is 4. The smallest absolute Gasteiger partial charge is 0.550 e. The van der Waals surface area contributed by atoms with Gasteiger partial charge in [-0.15, -0.1) is 0 Å². The molecule has 0 amide bonds. The number of rotatable bonds is 16. The second-order valence-corrected chi connectivity index (χ2v) is 10.7. The summed E-state index contributed by atoms with van der Waals surface area (Å²) < 4.78 is 0. The Labute approximate surface area is 257 Å². The third-order valence-corrected chi connectivity index (χ3v) is 3.91. The largest absolute Gasteiger partial charge is 4.00 e. The number of ketones is 4. The van der Waals surface area contributed by atoms with E-state index in [-0.39, 0.29) is 68.5 Å². The molecule has 41 heavy (non-hydrogen) atoms. The van der Waals surface area contributed by atoms with Crippen LogP contribution in [0, 0.1) is 23.7 Å². The fraction of sp³-hybridized carbons (Fsp3) is 0.714. The van der Waals surface area contributed by atoms with Crippen molar-refractivity contribution in [3.63, 3.8) is 0 Å². The summed E-state index contributed by atoms with van der Waals surface area (Å²) >= 11 is 0. The van der Waals surface area contributed by atoms with Crippen LogP contribution in [0.3, 0.4) is 0 Å². The molecule has 0 aliphatic carbocycles. The summed E-state index contributed by atoms with van der Waals surface area (Å²) in [6, 6.07) is 0. The first-order chi connectivity index (χ1) is 18.1. The zero-order valence-electron chi connectivity index (χ0n) is 25.4. The van der Waals surface area contributed by atoms with Crippen LogP contribution in [0.4, 0.5) is 0 Å². The van der Waals surface area contributed by atoms with Crippen LogP contribution in [0.15, 0.2) is 0 Å². The van der Waals surface area contributed by atoms with Gasteiger partial charge in [-0.1, -0.05) is 55.4 Å². The Morgan fingerprint density at radius 3 is 0.561 bits per heavy atom. The molecule has 0 bridgehead atoms. The van der Waals surface area contributed by atoms with Gasteiger partial charge in [-0.25, -0.2) is 0 Å². The molecule has 232 valence electrons. The van der Waals surface area contributed by atoms with E-state index in [4.69, 9.17) is 0 Å². The van der Waals surface area contributed by atoms with E-state index in [0.29, 0.717) is 25.7 Å². The number of Topliss-reactive ketones (excluding diaryl/α,β-unsaturated/α-hetero) is 4. The molecular formula is C28H44O12Ti. The summed E-state index contributed by atoms with van der Waals surface area (Å²) in [6.45, 7) is 14.9. The summed E-state index contributed by atoms with van der Waals surface area (Å²) in [7, 11) is 0. The van der Waals surface area contributed by atoms with Gasteiger partial charge in [0.2, 0.25) is 0 Å². The van der Waals surface area contributed by atoms with Crippen molar-refractivity contribution in [3.8, 4) is 0 Å². The van der Waals surface area contributed by atoms with Crippen LogP contribution in [0.2, 0.25) is 0 Å². The van der Waals surface area contributed by atoms with E-state index < -0.39 is 49.6 Å². The number of carbonyl (C=O) groups is 8. The molecule has 0 atom stereocenters. The van der Waals surface area contributed by atoms with Gasteiger partial charge >= 0.3 is 21.7 Å². The average molecular weight is 621 g/mol. The molecule has 0 aromatic rings. The maximum atomic E-state index is 10.6. The topological polar surface area (TPSA) is 229 Å². The quantitative estimate of drug-likeness (QED) is 0.149. The van der Waals surface area contributed by atoms with Gasteiger partial charge in [-0.05, 0) is 23.7 Å². The van der Waals surface area contributed by atoms with E-state index in [1.54, 1.807) is 0 Å². The van der Waals surface area contributed by atoms with Crippen LogP contribution in [0.1, 0.15) is 107 Å². The minimum atomic E-state index is -1.29. The minimum absolute atomic E-state index is 0. The summed E-state index contributed by atoms with van der Waals surface area (Å²) in [6.07, 6.45) is -0.476. The molecule has 0 radical (unpaired) electrons. The number of carbonyl (C=O) groups excluding carboxylic acids is 8. The Morgan fingerprint density at radius 2 is 0.488 bits per heavy atom. The molecule has 0 aromatic carbocycles. The first-order valence-electron chi connectivity index (χ1n) is 12.9. The fourth-order valence-electron chi connectivity index (χ4n) is 2.75. The van der Waals surface area contributed by atoms with Gasteiger partial charge in [0.25, 0.3) is 0 Å². The molecule has 0 rings (SSSR count). The van der Waals surface area contributed by atoms with Crippen molar-refractivity contribution in [1.29, 1.82) is 0 Å². The minimum Gasteiger partial charge on any atom is -0.550 e. The van der Waals surface area contributed by atoms with Gasteiger partial charge in [0.05, 0.1) is 0 Å². The summed E-state index contributed by atoms with van der Waals surface area (Å²) in [5.74, 6) is -5.25. The number of carboxylic acids is 4. The number of hydrogen-bond donors (Lipinski definition) is 0. The Kier molecular flexibility index (Phi) is 33.7. The van der Waals surface area contributed by atoms with E-state index in [2.05, 4.69) is 0 Å². The predicted molar refractivity (Wildman–Crippen MR) is 136 cm³/mol. The van der Waals surface area contributed by atoms with E-state index in [1.807, 2.05) is 55.4 Å². The molecule has 0 spiro atoms. The van der Waals surface area contributed by atoms with Crippen molar-refractivity contribution in [2.75, 3.05) is 0 Å². The van der Waals surface area contributed by atoms with Crippen molar-refractivity contribution >= 4 is 47.0 Å². The first-order valence-corrected chi connectivity index (χ1v) is 12.9. The van der Waals surface area contributed by atoms with Gasteiger partial charge in [-0.2, -0.15) is 0 Å². The second kappa shape index (κ2) is 28.8. The van der Waals surface area contributed by atoms with Crippen molar-refractivity contribution < 1.29 is 80.5 Å². The summed E-state index contributed by atoms with van der Waals surface area (Å²) in [5, 5.41) is 39.4. The van der Waals surface area contributed by atoms with Crippen LogP contribution in [0.5, 0.6) is 0 Å². The monoisotopic (exact) mass is 620 g/mol. The first kappa shape index (κ1) is 48.0. The number of hydrogen-bond acceptors (Lipinski definition) is 12. The summed E-state index contributed by atoms with van der Waals surface area (Å²) in [4.78, 5) is 82.0. The van der Waals surface area contributed by atoms with Gasteiger partial charge < -0.3 is 39.6 Å². The van der Waals surface area contributed by atoms with E-state index in [9.17, 15) is 58.8 Å². The number of carboxylic acid groups (broad SMARTS) is 4. The Hall–Kier alpha value is -2.73. The van der Waals surface area contributed by atoms with Crippen LogP contribution >= 0.6 is 0 Å². The van der Waals surface area contributed by atoms with Gasteiger partial charge in [0.15, 0.2) is 0 Å². The normalized spacial score (nSPS) is 9.66. The zero-order valence-corrected chi connectivity index (χ0v) is 26.9. The second-order valence-electron chi connectivity index (χ2n) is 10.7. The van der Waals surface area contributed by atoms with Crippen molar-refractivity contribution in [3.05, 3.63) is 0 Å². The molecule has 0 fully saturated rings. The molecule has 0 saturated heterocycles. The van der Waals surface area contributed by atoms with E-state index >= 15 is 0 Å². The maximum absolute atomic E-state index is 10.6. The van der Waals surface area contributed by atoms with Crippen molar-refractivity contribution in [2.24, 2.45) is 23.7 Å². The molecule has 0 heterocycles. The predicted octanol–water partition coefficient (Wildman–Crippen LogP) is -1.04. The third kappa shape index (κ3) is 54.1. The van der Waals surface area contributed by atoms with Crippen LogP contribution in [-0.4, -0.2) is 47.0 Å². The van der Waals surface area contributed by atoms with E-state index in [0.717, 1.165) is 0 Å². The Morgan fingerprint density at radius 1 is 0.366 bits per heavy atom. The molecule has 0 saturated carbocycles. The Bertz CT molecular complexity index is 694. The molecule has 0 unspecified atom stereocenters. The molecule has 0 N–H and O–H groups in total. The standard InChI is InChI=1S/4C7H12O3.Ti/c4*1-5(2)3-6(8)4-7(9)10;/h4*5H,3-4H2,1-2H3,(H,9,10);/q;;;;+4/p-4. The maximum Gasteiger partial charge on any atom is 4.00 e. The molecule has 13 heteroatoms. The SMILES string of the molecule is CC(C)CC(=O)CC(=O)[O-].CC(C)CC(=O)CC(=O)[O-].CC(C)CC(=O)CC(=O)[O-].CC(C)CC(=O)CC(=O)[O-].[Ti+4].